The van der Waals surface area contributed by atoms with Crippen LogP contribution in [0.4, 0.5) is 0 Å². The smallest absolute Gasteiger partial charge is 0.347 e. The van der Waals surface area contributed by atoms with Crippen LogP contribution in [-0.2, 0) is 16.2 Å². The molecule has 0 unspecified atom stereocenters. The summed E-state index contributed by atoms with van der Waals surface area (Å²) in [7, 11) is 1.51. The molecule has 37 heavy (non-hydrogen) atoms. The number of carbonyl (C=O) groups is 1. The van der Waals surface area contributed by atoms with Crippen molar-refractivity contribution in [3.05, 3.63) is 93.6 Å². The highest BCUT2D eigenvalue weighted by atomic mass is 32.1. The van der Waals surface area contributed by atoms with Crippen LogP contribution in [0.25, 0.3) is 10.2 Å². The summed E-state index contributed by atoms with van der Waals surface area (Å²) in [6, 6.07) is 22.4. The van der Waals surface area contributed by atoms with E-state index in [1.54, 1.807) is 28.8 Å². The predicted molar refractivity (Wildman–Crippen MR) is 144 cm³/mol. The number of ether oxygens (including phenoxy) is 2. The van der Waals surface area contributed by atoms with Gasteiger partial charge in [0, 0.05) is 23.7 Å². The summed E-state index contributed by atoms with van der Waals surface area (Å²) in [6.45, 7) is 3.85. The van der Waals surface area contributed by atoms with Crippen LogP contribution in [0.5, 0.6) is 11.5 Å². The number of fused-ring (bicyclic) bond motifs is 1. The van der Waals surface area contributed by atoms with Crippen molar-refractivity contribution in [2.45, 2.75) is 32.4 Å². The third kappa shape index (κ3) is 6.18. The Kier molecular flexibility index (Phi) is 7.93. The van der Waals surface area contributed by atoms with Gasteiger partial charge in [0.2, 0.25) is 0 Å². The van der Waals surface area contributed by atoms with Crippen LogP contribution in [-0.4, -0.2) is 40.7 Å². The van der Waals surface area contributed by atoms with Gasteiger partial charge in [-0.15, -0.1) is 0 Å². The second-order valence-electron chi connectivity index (χ2n) is 8.79. The minimum Gasteiger partial charge on any atom is -0.493 e. The quantitative estimate of drug-likeness (QED) is 0.166. The molecule has 0 bridgehead atoms. The zero-order valence-electron chi connectivity index (χ0n) is 20.8. The highest BCUT2D eigenvalue weighted by molar-refractivity contribution is 7.16. The van der Waals surface area contributed by atoms with Gasteiger partial charge in [0.15, 0.2) is 5.60 Å². The van der Waals surface area contributed by atoms with E-state index in [0.29, 0.717) is 36.8 Å². The first-order valence-corrected chi connectivity index (χ1v) is 12.6. The number of aliphatic carboxylic acids is 1. The summed E-state index contributed by atoms with van der Waals surface area (Å²) < 4.78 is 14.0. The minimum atomic E-state index is -1.35. The molecule has 4 rings (SSSR count). The molecule has 0 saturated carbocycles. The van der Waals surface area contributed by atoms with Crippen molar-refractivity contribution in [2.75, 3.05) is 13.7 Å². The maximum atomic E-state index is 12.7. The third-order valence-electron chi connectivity index (χ3n) is 5.66. The summed E-state index contributed by atoms with van der Waals surface area (Å²) in [4.78, 5) is 29.1. The van der Waals surface area contributed by atoms with Crippen LogP contribution in [0.1, 0.15) is 31.4 Å². The fraction of sp³-hybridized carbons (Fsp3) is 0.250. The molecule has 0 amide bonds. The zero-order valence-corrected chi connectivity index (χ0v) is 21.7. The molecule has 8 nitrogen and oxygen atoms in total. The molecule has 0 spiro atoms. The maximum Gasteiger partial charge on any atom is 0.347 e. The molecule has 0 fully saturated rings. The maximum absolute atomic E-state index is 12.7. The van der Waals surface area contributed by atoms with Crippen molar-refractivity contribution in [2.24, 2.45) is 5.16 Å². The van der Waals surface area contributed by atoms with Crippen LogP contribution < -0.4 is 14.3 Å². The highest BCUT2D eigenvalue weighted by Gasteiger charge is 2.29. The lowest BCUT2D eigenvalue weighted by molar-refractivity contribution is -0.152. The van der Waals surface area contributed by atoms with Crippen LogP contribution in [0, 0.1) is 0 Å². The van der Waals surface area contributed by atoms with E-state index in [1.165, 1.54) is 32.3 Å². The number of benzene rings is 3. The molecule has 0 radical (unpaired) electrons. The minimum absolute atomic E-state index is 0.0385. The van der Waals surface area contributed by atoms with Gasteiger partial charge in [-0.2, -0.15) is 0 Å². The number of carboxylic acids is 1. The predicted octanol–water partition coefficient (Wildman–Crippen LogP) is 5.17. The summed E-state index contributed by atoms with van der Waals surface area (Å²) in [5.74, 6) is -0.0778. The molecule has 4 aromatic rings. The lowest BCUT2D eigenvalue weighted by atomic mass is 10.0. The van der Waals surface area contributed by atoms with Crippen molar-refractivity contribution in [3.8, 4) is 11.5 Å². The molecule has 0 saturated heterocycles. The Morgan fingerprint density at radius 2 is 1.76 bits per heavy atom. The Labute approximate surface area is 218 Å². The standard InChI is InChI=1S/C28H28N2O6S/c1-28(2,26(31)32)36-22-12-7-11-21(18-22)35-16-8-15-30-23-14-13-20(17-24(23)37-27(30)33)25(29-34-3)19-9-5-4-6-10-19/h4-7,9-14,17-18H,8,15-16H2,1-3H3,(H,31,32)/b29-25+. The van der Waals surface area contributed by atoms with Gasteiger partial charge in [-0.05, 0) is 44.5 Å². The molecule has 0 aliphatic heterocycles. The van der Waals surface area contributed by atoms with Gasteiger partial charge in [0.05, 0.1) is 16.8 Å². The first-order chi connectivity index (χ1) is 17.8. The molecule has 0 aliphatic rings. The van der Waals surface area contributed by atoms with Crippen LogP contribution >= 0.6 is 11.3 Å². The monoisotopic (exact) mass is 520 g/mol. The normalized spacial score (nSPS) is 11.9. The fourth-order valence-corrected chi connectivity index (χ4v) is 4.72. The van der Waals surface area contributed by atoms with Crippen molar-refractivity contribution >= 4 is 33.2 Å². The molecule has 0 aliphatic carbocycles. The molecular weight excluding hydrogens is 492 g/mol. The summed E-state index contributed by atoms with van der Waals surface area (Å²) in [5.41, 5.74) is 1.99. The zero-order chi connectivity index (χ0) is 26.4. The van der Waals surface area contributed by atoms with E-state index in [1.807, 2.05) is 48.5 Å². The van der Waals surface area contributed by atoms with Gasteiger partial charge < -0.3 is 19.4 Å². The first kappa shape index (κ1) is 26.0. The molecule has 192 valence electrons. The molecule has 1 heterocycles. The Bertz CT molecular complexity index is 1470. The van der Waals surface area contributed by atoms with E-state index in [4.69, 9.17) is 14.3 Å². The lowest BCUT2D eigenvalue weighted by Gasteiger charge is -2.21. The average Bonchev–Trinajstić information content (AvgIpc) is 3.19. The Hall–Kier alpha value is -4.11. The van der Waals surface area contributed by atoms with Gasteiger partial charge in [-0.3, -0.25) is 9.36 Å². The fourth-order valence-electron chi connectivity index (χ4n) is 3.76. The van der Waals surface area contributed by atoms with Crippen molar-refractivity contribution in [3.63, 3.8) is 0 Å². The second-order valence-corrected chi connectivity index (χ2v) is 9.78. The lowest BCUT2D eigenvalue weighted by Crippen LogP contribution is -2.37. The van der Waals surface area contributed by atoms with Crippen LogP contribution in [0.3, 0.4) is 0 Å². The second kappa shape index (κ2) is 11.3. The van der Waals surface area contributed by atoms with E-state index in [9.17, 15) is 14.7 Å². The van der Waals surface area contributed by atoms with Crippen molar-refractivity contribution in [1.29, 1.82) is 0 Å². The van der Waals surface area contributed by atoms with E-state index < -0.39 is 11.6 Å². The number of hydrogen-bond acceptors (Lipinski definition) is 7. The summed E-state index contributed by atoms with van der Waals surface area (Å²) in [6.07, 6.45) is 0.611. The number of aromatic nitrogens is 1. The molecular formula is C28H28N2O6S. The Morgan fingerprint density at radius 3 is 2.49 bits per heavy atom. The van der Waals surface area contributed by atoms with Gasteiger partial charge in [-0.25, -0.2) is 4.79 Å². The highest BCUT2D eigenvalue weighted by Crippen LogP contribution is 2.25. The number of aryl methyl sites for hydroxylation is 1. The van der Waals surface area contributed by atoms with E-state index in [-0.39, 0.29) is 4.87 Å². The molecule has 1 N–H and O–H groups in total. The van der Waals surface area contributed by atoms with E-state index >= 15 is 0 Å². The number of rotatable bonds is 11. The van der Waals surface area contributed by atoms with Gasteiger partial charge in [0.1, 0.15) is 24.3 Å². The Morgan fingerprint density at radius 1 is 1.00 bits per heavy atom. The van der Waals surface area contributed by atoms with Gasteiger partial charge in [0.25, 0.3) is 0 Å². The SMILES string of the molecule is CO/N=C(\c1ccccc1)c1ccc2c(c1)sc(=O)n2CCCOc1cccc(OC(C)(C)C(=O)O)c1. The number of hydrogen-bond donors (Lipinski definition) is 1. The largest absolute Gasteiger partial charge is 0.493 e. The number of nitrogens with zero attached hydrogens (tertiary/aromatic N) is 2. The van der Waals surface area contributed by atoms with E-state index in [0.717, 1.165) is 21.3 Å². The average molecular weight is 521 g/mol. The van der Waals surface area contributed by atoms with Crippen molar-refractivity contribution < 1.29 is 24.2 Å². The van der Waals surface area contributed by atoms with Gasteiger partial charge >= 0.3 is 10.8 Å². The molecule has 9 heteroatoms. The Balaban J connectivity index is 1.43. The first-order valence-electron chi connectivity index (χ1n) is 11.7. The number of oxime groups is 1. The van der Waals surface area contributed by atoms with Crippen LogP contribution in [0.2, 0.25) is 0 Å². The summed E-state index contributed by atoms with van der Waals surface area (Å²) >= 11 is 1.19. The van der Waals surface area contributed by atoms with Gasteiger partial charge in [-0.1, -0.05) is 59.0 Å². The van der Waals surface area contributed by atoms with Crippen LogP contribution in [0.15, 0.2) is 82.7 Å². The molecule has 3 aromatic carbocycles. The summed E-state index contributed by atoms with van der Waals surface area (Å²) in [5, 5.41) is 13.5. The molecule has 0 atom stereocenters. The van der Waals surface area contributed by atoms with Crippen molar-refractivity contribution in [1.82, 2.24) is 4.57 Å². The van der Waals surface area contributed by atoms with E-state index in [2.05, 4.69) is 5.16 Å². The third-order valence-corrected chi connectivity index (χ3v) is 6.60. The molecule has 1 aromatic heterocycles. The number of thiazole rings is 1. The topological polar surface area (TPSA) is 99.4 Å². The number of carboxylic acid groups (broad SMARTS) is 1.